The molecule has 0 unspecified atom stereocenters. The van der Waals surface area contributed by atoms with Crippen molar-refractivity contribution in [2.75, 3.05) is 58.2 Å². The van der Waals surface area contributed by atoms with Crippen LogP contribution < -0.4 is 10.1 Å². The maximum atomic E-state index is 12.4. The number of halogens is 1. The normalized spacial score (nSPS) is 14.8. The summed E-state index contributed by atoms with van der Waals surface area (Å²) >= 11 is 5.99. The number of hydrogen-bond donors (Lipinski definition) is 1. The third kappa shape index (κ3) is 5.25. The van der Waals surface area contributed by atoms with Crippen LogP contribution in [0.25, 0.3) is 0 Å². The van der Waals surface area contributed by atoms with Gasteiger partial charge < -0.3 is 19.9 Å². The van der Waals surface area contributed by atoms with Gasteiger partial charge in [0.2, 0.25) is 5.91 Å². The average molecular weight is 383 g/mol. The van der Waals surface area contributed by atoms with E-state index in [2.05, 4.69) is 5.32 Å². The van der Waals surface area contributed by atoms with E-state index >= 15 is 0 Å². The van der Waals surface area contributed by atoms with Gasteiger partial charge in [0.25, 0.3) is 0 Å². The van der Waals surface area contributed by atoms with Gasteiger partial charge in [0.05, 0.1) is 19.3 Å². The molecular formula is C18H27ClN4O3. The summed E-state index contributed by atoms with van der Waals surface area (Å²) in [5.74, 6) is 0.437. The molecule has 1 aromatic carbocycles. The average Bonchev–Trinajstić information content (AvgIpc) is 2.63. The van der Waals surface area contributed by atoms with Crippen LogP contribution in [0.4, 0.5) is 10.5 Å². The molecule has 26 heavy (non-hydrogen) atoms. The van der Waals surface area contributed by atoms with Crippen molar-refractivity contribution in [1.82, 2.24) is 14.7 Å². The lowest BCUT2D eigenvalue weighted by Gasteiger charge is -2.36. The Kier molecular flexibility index (Phi) is 7.53. The molecule has 0 aliphatic carbocycles. The van der Waals surface area contributed by atoms with Gasteiger partial charge in [-0.1, -0.05) is 11.6 Å². The summed E-state index contributed by atoms with van der Waals surface area (Å²) in [6.45, 7) is 8.24. The monoisotopic (exact) mass is 382 g/mol. The third-order valence-electron chi connectivity index (χ3n) is 4.48. The number of benzene rings is 1. The van der Waals surface area contributed by atoms with Crippen LogP contribution >= 0.6 is 11.6 Å². The molecule has 3 amide bonds. The summed E-state index contributed by atoms with van der Waals surface area (Å²) in [5.41, 5.74) is 0.556. The molecule has 0 atom stereocenters. The van der Waals surface area contributed by atoms with Crippen LogP contribution in [0, 0.1) is 0 Å². The second-order valence-electron chi connectivity index (χ2n) is 6.11. The van der Waals surface area contributed by atoms with Crippen molar-refractivity contribution in [2.45, 2.75) is 13.8 Å². The Hall–Kier alpha value is -1.99. The summed E-state index contributed by atoms with van der Waals surface area (Å²) in [6.07, 6.45) is 0. The van der Waals surface area contributed by atoms with Crippen molar-refractivity contribution in [2.24, 2.45) is 0 Å². The van der Waals surface area contributed by atoms with Crippen LogP contribution in [0.1, 0.15) is 13.8 Å². The molecule has 1 heterocycles. The Bertz CT molecular complexity index is 629. The van der Waals surface area contributed by atoms with Gasteiger partial charge in [-0.15, -0.1) is 0 Å². The van der Waals surface area contributed by atoms with E-state index in [1.54, 1.807) is 25.3 Å². The van der Waals surface area contributed by atoms with Crippen molar-refractivity contribution >= 4 is 29.2 Å². The lowest BCUT2D eigenvalue weighted by molar-refractivity contribution is -0.117. The van der Waals surface area contributed by atoms with Crippen molar-refractivity contribution < 1.29 is 14.3 Å². The summed E-state index contributed by atoms with van der Waals surface area (Å²) in [6, 6.07) is 5.17. The number of ether oxygens (including phenoxy) is 1. The van der Waals surface area contributed by atoms with E-state index < -0.39 is 0 Å². The Morgan fingerprint density at radius 3 is 2.42 bits per heavy atom. The molecule has 1 aromatic rings. The molecule has 0 bridgehead atoms. The van der Waals surface area contributed by atoms with E-state index in [1.165, 1.54) is 0 Å². The first-order valence-corrected chi connectivity index (χ1v) is 9.25. The highest BCUT2D eigenvalue weighted by atomic mass is 35.5. The summed E-state index contributed by atoms with van der Waals surface area (Å²) < 4.78 is 5.24. The van der Waals surface area contributed by atoms with E-state index in [0.29, 0.717) is 55.7 Å². The van der Waals surface area contributed by atoms with E-state index in [4.69, 9.17) is 16.3 Å². The van der Waals surface area contributed by atoms with E-state index in [-0.39, 0.29) is 18.5 Å². The zero-order chi connectivity index (χ0) is 19.1. The van der Waals surface area contributed by atoms with Crippen molar-refractivity contribution in [3.8, 4) is 5.75 Å². The largest absolute Gasteiger partial charge is 0.495 e. The number of nitrogens with one attached hydrogen (secondary N) is 1. The van der Waals surface area contributed by atoms with Crippen LogP contribution in [-0.4, -0.2) is 79.6 Å². The lowest BCUT2D eigenvalue weighted by atomic mass is 10.2. The Balaban J connectivity index is 1.85. The molecule has 144 valence electrons. The van der Waals surface area contributed by atoms with E-state index in [1.807, 2.05) is 28.5 Å². The first-order chi connectivity index (χ1) is 12.5. The van der Waals surface area contributed by atoms with Gasteiger partial charge in [0.15, 0.2) is 0 Å². The van der Waals surface area contributed by atoms with Crippen molar-refractivity contribution in [3.63, 3.8) is 0 Å². The minimum Gasteiger partial charge on any atom is -0.495 e. The number of carbonyl (C=O) groups excluding carboxylic acids is 2. The summed E-state index contributed by atoms with van der Waals surface area (Å²) in [7, 11) is 1.55. The minimum absolute atomic E-state index is 0.0720. The number of hydrogen-bond acceptors (Lipinski definition) is 4. The zero-order valence-electron chi connectivity index (χ0n) is 15.6. The maximum absolute atomic E-state index is 12.4. The number of urea groups is 1. The summed E-state index contributed by atoms with van der Waals surface area (Å²) in [4.78, 5) is 30.4. The first-order valence-electron chi connectivity index (χ1n) is 8.88. The number of rotatable bonds is 6. The zero-order valence-corrected chi connectivity index (χ0v) is 16.4. The SMILES string of the molecule is CCN(CC)C(=O)N1CCN(CC(=O)Nc2cc(Cl)ccc2OC)CC1. The molecule has 2 rings (SSSR count). The standard InChI is InChI=1S/C18H27ClN4O3/c1-4-22(5-2)18(25)23-10-8-21(9-11-23)13-17(24)20-15-12-14(19)6-7-16(15)26-3/h6-7,12H,4-5,8-11,13H2,1-3H3,(H,20,24). The molecule has 0 aromatic heterocycles. The number of anilines is 1. The number of piperazine rings is 1. The maximum Gasteiger partial charge on any atom is 0.320 e. The number of nitrogens with zero attached hydrogens (tertiary/aromatic N) is 3. The molecule has 1 aliphatic rings. The molecule has 1 saturated heterocycles. The topological polar surface area (TPSA) is 65.1 Å². The number of carbonyl (C=O) groups is 2. The van der Waals surface area contributed by atoms with Gasteiger partial charge in [-0.05, 0) is 32.0 Å². The second-order valence-corrected chi connectivity index (χ2v) is 6.55. The number of amides is 3. The fraction of sp³-hybridized carbons (Fsp3) is 0.556. The minimum atomic E-state index is -0.130. The van der Waals surface area contributed by atoms with Gasteiger partial charge in [-0.3, -0.25) is 9.69 Å². The van der Waals surface area contributed by atoms with Gasteiger partial charge in [-0.2, -0.15) is 0 Å². The van der Waals surface area contributed by atoms with Crippen LogP contribution in [0.3, 0.4) is 0 Å². The fourth-order valence-electron chi connectivity index (χ4n) is 2.96. The first kappa shape index (κ1) is 20.3. The molecule has 1 fully saturated rings. The molecule has 7 nitrogen and oxygen atoms in total. The van der Waals surface area contributed by atoms with E-state index in [0.717, 1.165) is 0 Å². The van der Waals surface area contributed by atoms with Crippen LogP contribution in [0.2, 0.25) is 5.02 Å². The quantitative estimate of drug-likeness (QED) is 0.820. The molecule has 0 radical (unpaired) electrons. The van der Waals surface area contributed by atoms with Crippen LogP contribution in [-0.2, 0) is 4.79 Å². The molecule has 1 N–H and O–H groups in total. The summed E-state index contributed by atoms with van der Waals surface area (Å²) in [5, 5.41) is 3.37. The molecular weight excluding hydrogens is 356 g/mol. The molecule has 1 aliphatic heterocycles. The highest BCUT2D eigenvalue weighted by Gasteiger charge is 2.25. The fourth-order valence-corrected chi connectivity index (χ4v) is 3.13. The van der Waals surface area contributed by atoms with Gasteiger partial charge in [-0.25, -0.2) is 4.79 Å². The van der Waals surface area contributed by atoms with Gasteiger partial charge >= 0.3 is 6.03 Å². The van der Waals surface area contributed by atoms with Crippen molar-refractivity contribution in [3.05, 3.63) is 23.2 Å². The lowest BCUT2D eigenvalue weighted by Crippen LogP contribution is -2.53. The predicted molar refractivity (Wildman–Crippen MR) is 103 cm³/mol. The Morgan fingerprint density at radius 2 is 1.85 bits per heavy atom. The van der Waals surface area contributed by atoms with Crippen LogP contribution in [0.5, 0.6) is 5.75 Å². The van der Waals surface area contributed by atoms with Gasteiger partial charge in [0, 0.05) is 44.3 Å². The Labute approximate surface area is 159 Å². The smallest absolute Gasteiger partial charge is 0.320 e. The number of methoxy groups -OCH3 is 1. The molecule has 0 spiro atoms. The van der Waals surface area contributed by atoms with Crippen LogP contribution in [0.15, 0.2) is 18.2 Å². The highest BCUT2D eigenvalue weighted by molar-refractivity contribution is 6.31. The second kappa shape index (κ2) is 9.64. The molecule has 0 saturated carbocycles. The van der Waals surface area contributed by atoms with E-state index in [9.17, 15) is 9.59 Å². The highest BCUT2D eigenvalue weighted by Crippen LogP contribution is 2.27. The Morgan fingerprint density at radius 1 is 1.19 bits per heavy atom. The van der Waals surface area contributed by atoms with Crippen molar-refractivity contribution in [1.29, 1.82) is 0 Å². The third-order valence-corrected chi connectivity index (χ3v) is 4.71. The molecule has 8 heteroatoms. The predicted octanol–water partition coefficient (Wildman–Crippen LogP) is 2.37. The van der Waals surface area contributed by atoms with Gasteiger partial charge in [0.1, 0.15) is 5.75 Å².